The van der Waals surface area contributed by atoms with Gasteiger partial charge in [0.2, 0.25) is 12.7 Å². The summed E-state index contributed by atoms with van der Waals surface area (Å²) in [5.74, 6) is -2.19. The molecule has 1 amide bonds. The van der Waals surface area contributed by atoms with Crippen molar-refractivity contribution >= 4 is 36.6 Å². The summed E-state index contributed by atoms with van der Waals surface area (Å²) in [7, 11) is -1.35. The summed E-state index contributed by atoms with van der Waals surface area (Å²) in [6.45, 7) is 6.13. The van der Waals surface area contributed by atoms with Gasteiger partial charge in [0.15, 0.2) is 0 Å². The highest BCUT2D eigenvalue weighted by Crippen LogP contribution is 2.35. The Balaban J connectivity index is 2.14. The summed E-state index contributed by atoms with van der Waals surface area (Å²) in [6, 6.07) is 3.14. The molecule has 0 bridgehead atoms. The lowest BCUT2D eigenvalue weighted by Gasteiger charge is -2.29. The second-order valence-corrected chi connectivity index (χ2v) is 7.79. The van der Waals surface area contributed by atoms with E-state index in [-0.39, 0.29) is 35.1 Å². The third-order valence-electron chi connectivity index (χ3n) is 4.08. The molecular weight excluding hydrogens is 388 g/mol. The maximum atomic E-state index is 12.5. The Bertz CT molecular complexity index is 778. The Kier molecular flexibility index (Phi) is 6.95. The van der Waals surface area contributed by atoms with Crippen molar-refractivity contribution in [1.82, 2.24) is 5.32 Å². The first-order chi connectivity index (χ1) is 13.0. The number of halogens is 1. The van der Waals surface area contributed by atoms with E-state index in [2.05, 4.69) is 5.32 Å². The molecule has 0 unspecified atom stereocenters. The van der Waals surface area contributed by atoms with Gasteiger partial charge in [-0.3, -0.25) is 9.59 Å². The van der Waals surface area contributed by atoms with E-state index in [1.807, 2.05) is 0 Å². The molecule has 2 N–H and O–H groups in total. The normalized spacial score (nSPS) is 15.9. The SMILES string of the molecule is CCC(=O)N[C@H]1Cc2ccc(Cl)c(C(=O)OCOC(=O)C(C)(C)C)c2OB1O. The van der Waals surface area contributed by atoms with E-state index in [0.29, 0.717) is 5.56 Å². The molecule has 0 aliphatic carbocycles. The topological polar surface area (TPSA) is 111 Å². The number of nitrogens with one attached hydrogen (secondary N) is 1. The van der Waals surface area contributed by atoms with Crippen molar-refractivity contribution in [2.45, 2.75) is 46.5 Å². The number of esters is 2. The number of ether oxygens (including phenoxy) is 2. The molecule has 10 heteroatoms. The van der Waals surface area contributed by atoms with Gasteiger partial charge in [-0.2, -0.15) is 0 Å². The quantitative estimate of drug-likeness (QED) is 0.432. The number of hydrogen-bond acceptors (Lipinski definition) is 7. The molecule has 0 fully saturated rings. The molecule has 28 heavy (non-hydrogen) atoms. The first kappa shape index (κ1) is 22.0. The van der Waals surface area contributed by atoms with Gasteiger partial charge in [0, 0.05) is 6.42 Å². The fraction of sp³-hybridized carbons (Fsp3) is 0.500. The van der Waals surface area contributed by atoms with Gasteiger partial charge in [0.1, 0.15) is 11.3 Å². The van der Waals surface area contributed by atoms with Gasteiger partial charge in [-0.05, 0) is 38.8 Å². The van der Waals surface area contributed by atoms with E-state index >= 15 is 0 Å². The predicted molar refractivity (Wildman–Crippen MR) is 102 cm³/mol. The highest BCUT2D eigenvalue weighted by molar-refractivity contribution is 6.47. The summed E-state index contributed by atoms with van der Waals surface area (Å²) in [4.78, 5) is 35.8. The Morgan fingerprint density at radius 2 is 2.00 bits per heavy atom. The van der Waals surface area contributed by atoms with Gasteiger partial charge >= 0.3 is 19.1 Å². The molecule has 1 aliphatic rings. The van der Waals surface area contributed by atoms with Crippen LogP contribution in [-0.4, -0.2) is 42.7 Å². The van der Waals surface area contributed by atoms with Crippen LogP contribution in [0, 0.1) is 5.41 Å². The second-order valence-electron chi connectivity index (χ2n) is 7.38. The van der Waals surface area contributed by atoms with Crippen molar-refractivity contribution in [3.8, 4) is 5.75 Å². The number of rotatable bonds is 5. The maximum Gasteiger partial charge on any atom is 0.547 e. The van der Waals surface area contributed by atoms with E-state index in [1.54, 1.807) is 33.8 Å². The van der Waals surface area contributed by atoms with Crippen LogP contribution < -0.4 is 9.97 Å². The Hall–Kier alpha value is -2.26. The molecule has 1 aliphatic heterocycles. The minimum Gasteiger partial charge on any atom is -0.534 e. The lowest BCUT2D eigenvalue weighted by atomic mass is 9.72. The first-order valence-electron chi connectivity index (χ1n) is 8.84. The molecule has 8 nitrogen and oxygen atoms in total. The maximum absolute atomic E-state index is 12.5. The minimum absolute atomic E-state index is 0.0640. The van der Waals surface area contributed by atoms with Crippen LogP contribution >= 0.6 is 11.6 Å². The lowest BCUT2D eigenvalue weighted by molar-refractivity contribution is -0.161. The van der Waals surface area contributed by atoms with Crippen LogP contribution in [0.15, 0.2) is 12.1 Å². The summed E-state index contributed by atoms with van der Waals surface area (Å²) >= 11 is 6.12. The largest absolute Gasteiger partial charge is 0.547 e. The zero-order chi connectivity index (χ0) is 21.1. The molecule has 2 rings (SSSR count). The summed E-state index contributed by atoms with van der Waals surface area (Å²) in [5, 5.41) is 12.9. The van der Waals surface area contributed by atoms with Crippen molar-refractivity contribution in [3.63, 3.8) is 0 Å². The van der Waals surface area contributed by atoms with Crippen molar-refractivity contribution < 1.29 is 33.5 Å². The van der Waals surface area contributed by atoms with Crippen LogP contribution in [0.2, 0.25) is 5.02 Å². The number of benzene rings is 1. The van der Waals surface area contributed by atoms with E-state index < -0.39 is 37.2 Å². The van der Waals surface area contributed by atoms with Crippen molar-refractivity contribution in [2.24, 2.45) is 5.41 Å². The summed E-state index contributed by atoms with van der Waals surface area (Å²) in [6.07, 6.45) is 0.514. The van der Waals surface area contributed by atoms with Crippen LogP contribution in [0.1, 0.15) is 50.0 Å². The summed E-state index contributed by atoms with van der Waals surface area (Å²) in [5.41, 5.74) is -0.235. The van der Waals surface area contributed by atoms with Gasteiger partial charge < -0.3 is 24.5 Å². The van der Waals surface area contributed by atoms with Gasteiger partial charge in [0.05, 0.1) is 16.4 Å². The second kappa shape index (κ2) is 8.83. The van der Waals surface area contributed by atoms with Crippen LogP contribution in [0.3, 0.4) is 0 Å². The molecule has 0 saturated heterocycles. The fourth-order valence-corrected chi connectivity index (χ4v) is 2.71. The van der Waals surface area contributed by atoms with Gasteiger partial charge in [-0.1, -0.05) is 24.6 Å². The van der Waals surface area contributed by atoms with Gasteiger partial charge in [-0.25, -0.2) is 4.79 Å². The molecule has 152 valence electrons. The zero-order valence-electron chi connectivity index (χ0n) is 16.2. The average Bonchev–Trinajstić information content (AvgIpc) is 2.61. The first-order valence-corrected chi connectivity index (χ1v) is 9.22. The van der Waals surface area contributed by atoms with Crippen LogP contribution in [-0.2, 0) is 25.5 Å². The van der Waals surface area contributed by atoms with Crippen molar-refractivity contribution in [1.29, 1.82) is 0 Å². The van der Waals surface area contributed by atoms with E-state index in [1.165, 1.54) is 6.07 Å². The van der Waals surface area contributed by atoms with Gasteiger partial charge in [0.25, 0.3) is 0 Å². The van der Waals surface area contributed by atoms with Crippen molar-refractivity contribution in [2.75, 3.05) is 6.79 Å². The standard InChI is InChI=1S/C18H23BClNO7/c1-5-13(22)21-12-8-10-6-7-11(20)14(15(10)28-19(12)25)16(23)26-9-27-17(24)18(2,3)4/h6-7,12,25H,5,8-9H2,1-4H3,(H,21,22)/t12-/m0/s1. The van der Waals surface area contributed by atoms with E-state index in [9.17, 15) is 19.4 Å². The Morgan fingerprint density at radius 3 is 2.61 bits per heavy atom. The molecule has 0 radical (unpaired) electrons. The molecule has 1 aromatic rings. The predicted octanol–water partition coefficient (Wildman–Crippen LogP) is 1.89. The molecule has 1 atom stereocenters. The van der Waals surface area contributed by atoms with Crippen LogP contribution in [0.25, 0.3) is 0 Å². The van der Waals surface area contributed by atoms with E-state index in [4.69, 9.17) is 25.7 Å². The highest BCUT2D eigenvalue weighted by atomic mass is 35.5. The molecule has 0 spiro atoms. The molecule has 0 aromatic heterocycles. The number of hydrogen-bond donors (Lipinski definition) is 2. The highest BCUT2D eigenvalue weighted by Gasteiger charge is 2.38. The minimum atomic E-state index is -1.35. The smallest absolute Gasteiger partial charge is 0.534 e. The molecule has 1 heterocycles. The van der Waals surface area contributed by atoms with Gasteiger partial charge in [-0.15, -0.1) is 0 Å². The third kappa shape index (κ3) is 5.17. The fourth-order valence-electron chi connectivity index (χ4n) is 2.48. The number of amides is 1. The lowest BCUT2D eigenvalue weighted by Crippen LogP contribution is -2.53. The molecular formula is C18H23BClNO7. The monoisotopic (exact) mass is 411 g/mol. The number of carbonyl (C=O) groups excluding carboxylic acids is 3. The average molecular weight is 412 g/mol. The third-order valence-corrected chi connectivity index (χ3v) is 4.39. The number of carbonyl (C=O) groups is 3. The number of fused-ring (bicyclic) bond motifs is 1. The van der Waals surface area contributed by atoms with Crippen LogP contribution in [0.5, 0.6) is 5.75 Å². The Labute approximate surface area is 168 Å². The van der Waals surface area contributed by atoms with Crippen molar-refractivity contribution in [3.05, 3.63) is 28.3 Å². The summed E-state index contributed by atoms with van der Waals surface area (Å²) < 4.78 is 15.4. The molecule has 1 aromatic carbocycles. The van der Waals surface area contributed by atoms with E-state index in [0.717, 1.165) is 0 Å². The zero-order valence-corrected chi connectivity index (χ0v) is 17.0. The Morgan fingerprint density at radius 1 is 1.32 bits per heavy atom. The molecule has 0 saturated carbocycles. The van der Waals surface area contributed by atoms with Crippen LogP contribution in [0.4, 0.5) is 0 Å².